The van der Waals surface area contributed by atoms with Gasteiger partial charge in [0.15, 0.2) is 0 Å². The second-order valence-electron chi connectivity index (χ2n) is 5.60. The third-order valence-corrected chi connectivity index (χ3v) is 4.34. The van der Waals surface area contributed by atoms with Crippen LogP contribution in [0.1, 0.15) is 42.1 Å². The lowest BCUT2D eigenvalue weighted by Gasteiger charge is -2.15. The molecule has 114 valence electrons. The largest absolute Gasteiger partial charge is 0.384 e. The Morgan fingerprint density at radius 2 is 2.00 bits per heavy atom. The van der Waals surface area contributed by atoms with Crippen molar-refractivity contribution in [2.75, 3.05) is 11.9 Å². The monoisotopic (exact) mass is 299 g/mol. The van der Waals surface area contributed by atoms with Crippen molar-refractivity contribution in [1.82, 2.24) is 0 Å². The molecular formula is C18H18FNO2. The third-order valence-electron chi connectivity index (χ3n) is 4.34. The first kappa shape index (κ1) is 14.7. The van der Waals surface area contributed by atoms with Gasteiger partial charge in [0.1, 0.15) is 11.9 Å². The zero-order valence-electron chi connectivity index (χ0n) is 12.6. The number of hydrogen-bond acceptors (Lipinski definition) is 2. The molecule has 0 fully saturated rings. The number of carbonyl (C=O) groups is 1. The lowest BCUT2D eigenvalue weighted by molar-refractivity contribution is -0.119. The molecule has 0 radical (unpaired) electrons. The molecule has 1 heterocycles. The number of carbonyl (C=O) groups excluding carboxylic acids is 1. The van der Waals surface area contributed by atoms with Crippen LogP contribution in [0.15, 0.2) is 42.5 Å². The molecule has 1 amide bonds. The number of amides is 1. The number of halogens is 1. The Hall–Kier alpha value is -2.20. The predicted octanol–water partition coefficient (Wildman–Crippen LogP) is 3.38. The van der Waals surface area contributed by atoms with Crippen LogP contribution in [0.5, 0.6) is 0 Å². The number of aliphatic hydroxyl groups excluding tert-OH is 1. The standard InChI is InChI=1S/C18H18FNO2/c1-3-12-14-10-11(8-9-16(14)20(2)18(12)22)17(21)13-6-4-5-7-15(13)19/h4-10,12,17,21H,3H2,1-2H3. The van der Waals surface area contributed by atoms with Gasteiger partial charge in [0, 0.05) is 18.3 Å². The van der Waals surface area contributed by atoms with Gasteiger partial charge in [0.25, 0.3) is 0 Å². The normalized spacial score (nSPS) is 18.5. The molecule has 1 aliphatic rings. The summed E-state index contributed by atoms with van der Waals surface area (Å²) >= 11 is 0. The van der Waals surface area contributed by atoms with Crippen molar-refractivity contribution in [2.24, 2.45) is 0 Å². The van der Waals surface area contributed by atoms with Crippen LogP contribution in [0.25, 0.3) is 0 Å². The predicted molar refractivity (Wildman–Crippen MR) is 83.3 cm³/mol. The van der Waals surface area contributed by atoms with Crippen molar-refractivity contribution in [1.29, 1.82) is 0 Å². The van der Waals surface area contributed by atoms with Crippen molar-refractivity contribution in [3.05, 3.63) is 65.0 Å². The van der Waals surface area contributed by atoms with E-state index in [4.69, 9.17) is 0 Å². The summed E-state index contributed by atoms with van der Waals surface area (Å²) in [5, 5.41) is 10.5. The highest BCUT2D eigenvalue weighted by atomic mass is 19.1. The molecule has 2 unspecified atom stereocenters. The van der Waals surface area contributed by atoms with Crippen molar-refractivity contribution in [3.8, 4) is 0 Å². The topological polar surface area (TPSA) is 40.5 Å². The van der Waals surface area contributed by atoms with E-state index in [9.17, 15) is 14.3 Å². The van der Waals surface area contributed by atoms with E-state index in [1.807, 2.05) is 19.1 Å². The first-order valence-corrected chi connectivity index (χ1v) is 7.38. The fraction of sp³-hybridized carbons (Fsp3) is 0.278. The summed E-state index contributed by atoms with van der Waals surface area (Å²) in [7, 11) is 1.75. The molecule has 2 atom stereocenters. The molecule has 0 bridgehead atoms. The van der Waals surface area contributed by atoms with Gasteiger partial charge in [0.2, 0.25) is 5.91 Å². The van der Waals surface area contributed by atoms with Crippen LogP contribution < -0.4 is 4.90 Å². The van der Waals surface area contributed by atoms with Gasteiger partial charge in [-0.1, -0.05) is 31.2 Å². The third kappa shape index (κ3) is 2.20. The SMILES string of the molecule is CCC1C(=O)N(C)c2ccc(C(O)c3ccccc3F)cc21. The molecule has 4 heteroatoms. The molecule has 3 rings (SSSR count). The Labute approximate surface area is 129 Å². The molecule has 0 saturated heterocycles. The van der Waals surface area contributed by atoms with Gasteiger partial charge >= 0.3 is 0 Å². The minimum Gasteiger partial charge on any atom is -0.384 e. The van der Waals surface area contributed by atoms with Crippen LogP contribution in [-0.2, 0) is 4.79 Å². The summed E-state index contributed by atoms with van der Waals surface area (Å²) in [5.74, 6) is -0.557. The highest BCUT2D eigenvalue weighted by molar-refractivity contribution is 6.04. The fourth-order valence-corrected chi connectivity index (χ4v) is 3.08. The molecule has 1 aliphatic heterocycles. The van der Waals surface area contributed by atoms with Gasteiger partial charge in [-0.05, 0) is 35.7 Å². The summed E-state index contributed by atoms with van der Waals surface area (Å²) < 4.78 is 13.8. The Balaban J connectivity index is 2.03. The molecule has 0 aromatic heterocycles. The van der Waals surface area contributed by atoms with Crippen molar-refractivity contribution in [2.45, 2.75) is 25.4 Å². The lowest BCUT2D eigenvalue weighted by Crippen LogP contribution is -2.23. The van der Waals surface area contributed by atoms with E-state index in [0.29, 0.717) is 12.0 Å². The summed E-state index contributed by atoms with van der Waals surface area (Å²) in [5.41, 5.74) is 2.61. The summed E-state index contributed by atoms with van der Waals surface area (Å²) in [6, 6.07) is 11.6. The van der Waals surface area contributed by atoms with E-state index in [1.54, 1.807) is 36.2 Å². The number of nitrogens with zero attached hydrogens (tertiary/aromatic N) is 1. The number of benzene rings is 2. The Bertz CT molecular complexity index is 729. The second kappa shape index (κ2) is 5.54. The molecule has 0 saturated carbocycles. The van der Waals surface area contributed by atoms with Crippen molar-refractivity contribution >= 4 is 11.6 Å². The zero-order valence-corrected chi connectivity index (χ0v) is 12.6. The Kier molecular flexibility index (Phi) is 3.71. The van der Waals surface area contributed by atoms with E-state index >= 15 is 0 Å². The number of likely N-dealkylation sites (N-methyl/N-ethyl adjacent to an activating group) is 1. The minimum atomic E-state index is -1.04. The van der Waals surface area contributed by atoms with Gasteiger partial charge in [-0.2, -0.15) is 0 Å². The van der Waals surface area contributed by atoms with E-state index < -0.39 is 11.9 Å². The van der Waals surface area contributed by atoms with Crippen molar-refractivity contribution < 1.29 is 14.3 Å². The molecule has 22 heavy (non-hydrogen) atoms. The first-order chi connectivity index (χ1) is 10.5. The molecule has 2 aromatic rings. The number of fused-ring (bicyclic) bond motifs is 1. The smallest absolute Gasteiger partial charge is 0.234 e. The lowest BCUT2D eigenvalue weighted by atomic mass is 9.93. The van der Waals surface area contributed by atoms with Crippen LogP contribution >= 0.6 is 0 Å². The zero-order chi connectivity index (χ0) is 15.9. The maximum absolute atomic E-state index is 13.8. The van der Waals surface area contributed by atoms with E-state index in [-0.39, 0.29) is 17.4 Å². The van der Waals surface area contributed by atoms with Gasteiger partial charge in [-0.15, -0.1) is 0 Å². The van der Waals surface area contributed by atoms with Gasteiger partial charge in [-0.3, -0.25) is 4.79 Å². The molecule has 1 N–H and O–H groups in total. The average Bonchev–Trinajstić information content (AvgIpc) is 2.77. The Morgan fingerprint density at radius 1 is 1.27 bits per heavy atom. The van der Waals surface area contributed by atoms with Crippen LogP contribution in [0.4, 0.5) is 10.1 Å². The van der Waals surface area contributed by atoms with Crippen molar-refractivity contribution in [3.63, 3.8) is 0 Å². The molecule has 0 aliphatic carbocycles. The number of anilines is 1. The molecular weight excluding hydrogens is 281 g/mol. The van der Waals surface area contributed by atoms with E-state index in [2.05, 4.69) is 0 Å². The molecule has 0 spiro atoms. The molecule has 2 aromatic carbocycles. The van der Waals surface area contributed by atoms with Gasteiger partial charge in [-0.25, -0.2) is 4.39 Å². The maximum Gasteiger partial charge on any atom is 0.234 e. The highest BCUT2D eigenvalue weighted by Crippen LogP contribution is 2.40. The maximum atomic E-state index is 13.8. The number of hydrogen-bond donors (Lipinski definition) is 1. The van der Waals surface area contributed by atoms with Crippen LogP contribution in [-0.4, -0.2) is 18.1 Å². The first-order valence-electron chi connectivity index (χ1n) is 7.38. The summed E-state index contributed by atoms with van der Waals surface area (Å²) in [6.45, 7) is 1.96. The van der Waals surface area contributed by atoms with Crippen LogP contribution in [0.2, 0.25) is 0 Å². The molecule has 3 nitrogen and oxygen atoms in total. The number of aliphatic hydroxyl groups is 1. The minimum absolute atomic E-state index is 0.0648. The fourth-order valence-electron chi connectivity index (χ4n) is 3.08. The second-order valence-corrected chi connectivity index (χ2v) is 5.60. The van der Waals surface area contributed by atoms with E-state index in [0.717, 1.165) is 11.3 Å². The van der Waals surface area contributed by atoms with E-state index in [1.165, 1.54) is 6.07 Å². The summed E-state index contributed by atoms with van der Waals surface area (Å²) in [6.07, 6.45) is -0.333. The summed E-state index contributed by atoms with van der Waals surface area (Å²) in [4.78, 5) is 13.8. The van der Waals surface area contributed by atoms with Crippen LogP contribution in [0, 0.1) is 5.82 Å². The number of rotatable bonds is 3. The highest BCUT2D eigenvalue weighted by Gasteiger charge is 2.34. The van der Waals surface area contributed by atoms with Gasteiger partial charge in [0.05, 0.1) is 5.92 Å². The average molecular weight is 299 g/mol. The van der Waals surface area contributed by atoms with Crippen LogP contribution in [0.3, 0.4) is 0 Å². The Morgan fingerprint density at radius 3 is 2.68 bits per heavy atom. The quantitative estimate of drug-likeness (QED) is 0.944. The van der Waals surface area contributed by atoms with Gasteiger partial charge < -0.3 is 10.0 Å².